The molecule has 0 aliphatic rings. The maximum absolute atomic E-state index is 12.6. The first-order valence-corrected chi connectivity index (χ1v) is 12.0. The molecule has 12 heteroatoms. The Morgan fingerprint density at radius 1 is 1.06 bits per heavy atom. The molecule has 0 saturated heterocycles. The number of rotatable bonds is 10. The summed E-state index contributed by atoms with van der Waals surface area (Å²) in [5.41, 5.74) is 1.34. The Kier molecular flexibility index (Phi) is 8.21. The number of hydrogen-bond acceptors (Lipinski definition) is 9. The van der Waals surface area contributed by atoms with Crippen LogP contribution in [0.25, 0.3) is 0 Å². The Labute approximate surface area is 202 Å². The van der Waals surface area contributed by atoms with E-state index in [9.17, 15) is 18.0 Å². The molecule has 3 aromatic rings. The van der Waals surface area contributed by atoms with E-state index in [4.69, 9.17) is 4.74 Å². The van der Waals surface area contributed by atoms with Gasteiger partial charge in [-0.3, -0.25) is 9.59 Å². The van der Waals surface area contributed by atoms with Gasteiger partial charge in [-0.15, -0.1) is 0 Å². The third-order valence-corrected chi connectivity index (χ3v) is 5.87. The molecule has 0 aliphatic carbocycles. The average molecular weight is 497 g/mol. The van der Waals surface area contributed by atoms with Gasteiger partial charge in [-0.05, 0) is 75.4 Å². The molecule has 3 rings (SSSR count). The molecule has 0 saturated carbocycles. The lowest BCUT2D eigenvalue weighted by Crippen LogP contribution is -2.31. The van der Waals surface area contributed by atoms with Crippen LogP contribution in [0.15, 0.2) is 75.9 Å². The van der Waals surface area contributed by atoms with Crippen molar-refractivity contribution in [3.63, 3.8) is 0 Å². The average Bonchev–Trinajstić information content (AvgIpc) is 2.80. The van der Waals surface area contributed by atoms with E-state index in [1.807, 2.05) is 6.92 Å². The summed E-state index contributed by atoms with van der Waals surface area (Å²) in [6.45, 7) is 5.33. The second-order valence-electron chi connectivity index (χ2n) is 7.30. The number of Topliss-reactive ketones (excluding diaryl/α,β-unsaturated/α-hetero) is 1. The van der Waals surface area contributed by atoms with Crippen LogP contribution in [-0.4, -0.2) is 42.7 Å². The Balaban J connectivity index is 1.68. The fourth-order valence-corrected chi connectivity index (χ4v) is 3.77. The van der Waals surface area contributed by atoms with Crippen molar-refractivity contribution in [2.75, 3.05) is 16.6 Å². The normalized spacial score (nSPS) is 12.2. The van der Waals surface area contributed by atoms with Gasteiger partial charge in [0.15, 0.2) is 5.78 Å². The highest BCUT2D eigenvalue weighted by Gasteiger charge is 2.23. The zero-order chi connectivity index (χ0) is 25.4. The van der Waals surface area contributed by atoms with Crippen LogP contribution in [0.2, 0.25) is 0 Å². The number of sulfonamides is 1. The van der Waals surface area contributed by atoms with E-state index in [0.717, 1.165) is 0 Å². The summed E-state index contributed by atoms with van der Waals surface area (Å²) in [4.78, 5) is 32.4. The summed E-state index contributed by atoms with van der Waals surface area (Å²) < 4.78 is 32.8. The van der Waals surface area contributed by atoms with Crippen molar-refractivity contribution in [2.45, 2.75) is 31.7 Å². The van der Waals surface area contributed by atoms with Crippen LogP contribution >= 0.6 is 0 Å². The van der Waals surface area contributed by atoms with Crippen molar-refractivity contribution in [2.24, 2.45) is 10.2 Å². The minimum absolute atomic E-state index is 0.0436. The molecule has 0 radical (unpaired) electrons. The molecule has 0 unspecified atom stereocenters. The van der Waals surface area contributed by atoms with Gasteiger partial charge in [0.2, 0.25) is 12.0 Å². The third-order valence-electron chi connectivity index (χ3n) is 4.52. The predicted octanol–water partition coefficient (Wildman–Crippen LogP) is 3.66. The maximum Gasteiger partial charge on any atom is 0.264 e. The molecule has 2 N–H and O–H groups in total. The number of benzene rings is 2. The van der Waals surface area contributed by atoms with Crippen LogP contribution in [0, 0.1) is 6.92 Å². The number of aryl methyl sites for hydroxylation is 1. The van der Waals surface area contributed by atoms with Gasteiger partial charge in [0.05, 0.1) is 17.2 Å². The molecular formula is C23H24N6O5S. The minimum Gasteiger partial charge on any atom is -0.494 e. The van der Waals surface area contributed by atoms with Crippen LogP contribution in [-0.2, 0) is 19.6 Å². The van der Waals surface area contributed by atoms with Gasteiger partial charge >= 0.3 is 0 Å². The van der Waals surface area contributed by atoms with E-state index >= 15 is 0 Å². The summed E-state index contributed by atoms with van der Waals surface area (Å²) in [6.07, 6.45) is 1.45. The van der Waals surface area contributed by atoms with Gasteiger partial charge in [0, 0.05) is 17.6 Å². The van der Waals surface area contributed by atoms with Crippen molar-refractivity contribution in [1.29, 1.82) is 0 Å². The Bertz CT molecular complexity index is 1330. The van der Waals surface area contributed by atoms with Crippen LogP contribution in [0.5, 0.6) is 5.75 Å². The molecule has 2 aromatic carbocycles. The molecule has 0 fully saturated rings. The molecule has 182 valence electrons. The van der Waals surface area contributed by atoms with Crippen molar-refractivity contribution in [1.82, 2.24) is 9.97 Å². The fraction of sp³-hybridized carbons (Fsp3) is 0.217. The van der Waals surface area contributed by atoms with Crippen LogP contribution in [0.3, 0.4) is 0 Å². The van der Waals surface area contributed by atoms with E-state index in [0.29, 0.717) is 23.7 Å². The lowest BCUT2D eigenvalue weighted by Gasteiger charge is -2.10. The first-order chi connectivity index (χ1) is 16.7. The number of aromatic nitrogens is 2. The van der Waals surface area contributed by atoms with Crippen LogP contribution in [0.1, 0.15) is 19.5 Å². The first kappa shape index (κ1) is 25.4. The second-order valence-corrected chi connectivity index (χ2v) is 8.98. The number of ketones is 1. The fourth-order valence-electron chi connectivity index (χ4n) is 2.82. The van der Waals surface area contributed by atoms with Crippen molar-refractivity contribution in [3.05, 3.63) is 66.5 Å². The second kappa shape index (κ2) is 11.3. The lowest BCUT2D eigenvalue weighted by molar-refractivity contribution is -0.126. The number of anilines is 2. The first-order valence-electron chi connectivity index (χ1n) is 10.6. The zero-order valence-electron chi connectivity index (χ0n) is 19.3. The standard InChI is InChI=1S/C23H24N6O5S/c1-4-34-19-9-5-17(6-10-19)26-22(31)21(16(3)30)28-27-18-7-11-20(12-8-18)35(32,33)29-23-24-14-13-15(2)25-23/h5-14,21H,4H2,1-3H3,(H,26,31)(H,24,25,29)/t21-/m0/s1. The highest BCUT2D eigenvalue weighted by atomic mass is 32.2. The number of nitrogens with zero attached hydrogens (tertiary/aromatic N) is 4. The van der Waals surface area contributed by atoms with E-state index in [-0.39, 0.29) is 16.5 Å². The Hall–Kier alpha value is -4.19. The highest BCUT2D eigenvalue weighted by molar-refractivity contribution is 7.92. The van der Waals surface area contributed by atoms with E-state index < -0.39 is 27.8 Å². The molecule has 1 atom stereocenters. The third kappa shape index (κ3) is 7.14. The summed E-state index contributed by atoms with van der Waals surface area (Å²) in [5, 5.41) is 10.4. The molecule has 1 heterocycles. The van der Waals surface area contributed by atoms with E-state index in [1.54, 1.807) is 37.3 Å². The van der Waals surface area contributed by atoms with Crippen molar-refractivity contribution in [3.8, 4) is 5.75 Å². The SMILES string of the molecule is CCOc1ccc(NC(=O)[C@@H](N=Nc2ccc(S(=O)(=O)Nc3nccc(C)n3)cc2)C(C)=O)cc1. The minimum atomic E-state index is -3.92. The quantitative estimate of drug-likeness (QED) is 0.321. The number of ether oxygens (including phenoxy) is 1. The van der Waals surface area contributed by atoms with Gasteiger partial charge < -0.3 is 10.1 Å². The molecule has 0 bridgehead atoms. The highest BCUT2D eigenvalue weighted by Crippen LogP contribution is 2.20. The van der Waals surface area contributed by atoms with Gasteiger partial charge in [0.1, 0.15) is 5.75 Å². The van der Waals surface area contributed by atoms with Gasteiger partial charge in [-0.1, -0.05) is 0 Å². The smallest absolute Gasteiger partial charge is 0.264 e. The zero-order valence-corrected chi connectivity index (χ0v) is 20.1. The topological polar surface area (TPSA) is 152 Å². The van der Waals surface area contributed by atoms with Crippen molar-refractivity contribution >= 4 is 39.0 Å². The van der Waals surface area contributed by atoms with Crippen molar-refractivity contribution < 1.29 is 22.7 Å². The number of carbonyl (C=O) groups is 2. The Morgan fingerprint density at radius 3 is 2.34 bits per heavy atom. The number of nitrogens with one attached hydrogen (secondary N) is 2. The molecule has 1 aromatic heterocycles. The van der Waals surface area contributed by atoms with Gasteiger partial charge in [-0.25, -0.2) is 23.1 Å². The largest absolute Gasteiger partial charge is 0.494 e. The molecule has 11 nitrogen and oxygen atoms in total. The van der Waals surface area contributed by atoms with Gasteiger partial charge in [-0.2, -0.15) is 10.2 Å². The molecular weight excluding hydrogens is 472 g/mol. The molecule has 35 heavy (non-hydrogen) atoms. The summed E-state index contributed by atoms with van der Waals surface area (Å²) in [6, 6.07) is 12.4. The van der Waals surface area contributed by atoms with Crippen LogP contribution < -0.4 is 14.8 Å². The number of hydrogen-bond donors (Lipinski definition) is 2. The molecule has 1 amide bonds. The summed E-state index contributed by atoms with van der Waals surface area (Å²) >= 11 is 0. The summed E-state index contributed by atoms with van der Waals surface area (Å²) in [7, 11) is -3.92. The van der Waals surface area contributed by atoms with E-state index in [2.05, 4.69) is 30.2 Å². The lowest BCUT2D eigenvalue weighted by atomic mass is 10.2. The maximum atomic E-state index is 12.6. The number of amides is 1. The van der Waals surface area contributed by atoms with E-state index in [1.165, 1.54) is 37.4 Å². The molecule has 0 spiro atoms. The molecule has 0 aliphatic heterocycles. The predicted molar refractivity (Wildman–Crippen MR) is 129 cm³/mol. The van der Waals surface area contributed by atoms with Gasteiger partial charge in [0.25, 0.3) is 15.9 Å². The number of azo groups is 1. The Morgan fingerprint density at radius 2 is 1.74 bits per heavy atom. The number of carbonyl (C=O) groups excluding carboxylic acids is 2. The monoisotopic (exact) mass is 496 g/mol. The van der Waals surface area contributed by atoms with Crippen LogP contribution in [0.4, 0.5) is 17.3 Å². The summed E-state index contributed by atoms with van der Waals surface area (Å²) in [5.74, 6) is -0.539.